The van der Waals surface area contributed by atoms with E-state index in [1.54, 1.807) is 19.1 Å². The van der Waals surface area contributed by atoms with Crippen LogP contribution in [0.15, 0.2) is 39.9 Å². The fraction of sp³-hybridized carbons (Fsp3) is 0.235. The Bertz CT molecular complexity index is 758. The molecule has 0 saturated heterocycles. The maximum absolute atomic E-state index is 11.8. The van der Waals surface area contributed by atoms with Crippen molar-refractivity contribution in [2.75, 3.05) is 5.32 Å². The molecule has 0 spiro atoms. The van der Waals surface area contributed by atoms with Gasteiger partial charge in [0.05, 0.1) is 5.71 Å². The van der Waals surface area contributed by atoms with Gasteiger partial charge in [0, 0.05) is 11.3 Å². The lowest BCUT2D eigenvalue weighted by Crippen LogP contribution is -2.32. The van der Waals surface area contributed by atoms with Crippen LogP contribution in [0.1, 0.15) is 29.6 Å². The van der Waals surface area contributed by atoms with Crippen molar-refractivity contribution in [2.45, 2.75) is 27.7 Å². The summed E-state index contributed by atoms with van der Waals surface area (Å²) in [6.45, 7) is 7.31. The number of hydrogen-bond acceptors (Lipinski definition) is 4. The lowest BCUT2D eigenvalue weighted by molar-refractivity contribution is -0.136. The molecular formula is C17H19N3O3. The smallest absolute Gasteiger partial charge is 0.329 e. The van der Waals surface area contributed by atoms with E-state index < -0.39 is 11.8 Å². The van der Waals surface area contributed by atoms with Crippen molar-refractivity contribution in [3.8, 4) is 0 Å². The summed E-state index contributed by atoms with van der Waals surface area (Å²) in [5.41, 5.74) is 5.22. The number of aryl methyl sites for hydroxylation is 3. The topological polar surface area (TPSA) is 83.7 Å². The number of rotatable bonds is 3. The van der Waals surface area contributed by atoms with Gasteiger partial charge in [-0.15, -0.1) is 0 Å². The van der Waals surface area contributed by atoms with Crippen LogP contribution < -0.4 is 10.7 Å². The van der Waals surface area contributed by atoms with Gasteiger partial charge in [-0.3, -0.25) is 9.59 Å². The first-order chi connectivity index (χ1) is 10.9. The molecule has 2 rings (SSSR count). The standard InChI is InChI=1S/C17H19N3O3/c1-10-5-7-14(8-6-10)18-16(21)17(22)20-19-12(3)15-9-11(2)23-13(15)4/h5-9H,1-4H3,(H,18,21)(H,20,22)/b19-12-. The lowest BCUT2D eigenvalue weighted by Gasteiger charge is -2.05. The third kappa shape index (κ3) is 4.29. The van der Waals surface area contributed by atoms with Crippen LogP contribution in [0, 0.1) is 20.8 Å². The first kappa shape index (κ1) is 16.5. The van der Waals surface area contributed by atoms with Crippen molar-refractivity contribution < 1.29 is 14.0 Å². The molecule has 0 aliphatic heterocycles. The van der Waals surface area contributed by atoms with E-state index in [1.807, 2.05) is 39.0 Å². The Morgan fingerprint density at radius 3 is 2.26 bits per heavy atom. The maximum atomic E-state index is 11.8. The number of nitrogens with one attached hydrogen (secondary N) is 2. The van der Waals surface area contributed by atoms with Crippen LogP contribution in [0.25, 0.3) is 0 Å². The Hall–Kier alpha value is -2.89. The third-order valence-electron chi connectivity index (χ3n) is 3.27. The predicted molar refractivity (Wildman–Crippen MR) is 88.3 cm³/mol. The molecule has 6 nitrogen and oxygen atoms in total. The summed E-state index contributed by atoms with van der Waals surface area (Å²) in [5, 5.41) is 6.45. The van der Waals surface area contributed by atoms with Gasteiger partial charge in [-0.1, -0.05) is 17.7 Å². The molecule has 1 aromatic carbocycles. The van der Waals surface area contributed by atoms with E-state index in [9.17, 15) is 9.59 Å². The molecule has 23 heavy (non-hydrogen) atoms. The number of amides is 2. The molecule has 0 unspecified atom stereocenters. The fourth-order valence-electron chi connectivity index (χ4n) is 2.06. The van der Waals surface area contributed by atoms with Crippen LogP contribution >= 0.6 is 0 Å². The minimum atomic E-state index is -0.831. The van der Waals surface area contributed by atoms with Crippen LogP contribution in [0.2, 0.25) is 0 Å². The van der Waals surface area contributed by atoms with Gasteiger partial charge in [0.1, 0.15) is 11.5 Å². The number of benzene rings is 1. The quantitative estimate of drug-likeness (QED) is 0.519. The molecule has 0 atom stereocenters. The summed E-state index contributed by atoms with van der Waals surface area (Å²) in [6, 6.07) is 8.98. The fourth-order valence-corrected chi connectivity index (χ4v) is 2.06. The highest BCUT2D eigenvalue weighted by molar-refractivity contribution is 6.39. The van der Waals surface area contributed by atoms with Crippen molar-refractivity contribution in [3.63, 3.8) is 0 Å². The Morgan fingerprint density at radius 2 is 1.70 bits per heavy atom. The first-order valence-corrected chi connectivity index (χ1v) is 7.16. The molecule has 0 aliphatic rings. The van der Waals surface area contributed by atoms with Gasteiger partial charge in [0.15, 0.2) is 0 Å². The van der Waals surface area contributed by atoms with Crippen molar-refractivity contribution in [1.82, 2.24) is 5.43 Å². The van der Waals surface area contributed by atoms with E-state index in [1.165, 1.54) is 0 Å². The van der Waals surface area contributed by atoms with E-state index in [0.29, 0.717) is 17.2 Å². The summed E-state index contributed by atoms with van der Waals surface area (Å²) in [5.74, 6) is -0.133. The second kappa shape index (κ2) is 6.91. The first-order valence-electron chi connectivity index (χ1n) is 7.16. The Balaban J connectivity index is 1.98. The number of furan rings is 1. The zero-order chi connectivity index (χ0) is 17.0. The summed E-state index contributed by atoms with van der Waals surface area (Å²) in [7, 11) is 0. The minimum Gasteiger partial charge on any atom is -0.466 e. The van der Waals surface area contributed by atoms with Gasteiger partial charge in [0.2, 0.25) is 0 Å². The van der Waals surface area contributed by atoms with E-state index in [4.69, 9.17) is 4.42 Å². The molecule has 2 aromatic rings. The summed E-state index contributed by atoms with van der Waals surface area (Å²) in [6.07, 6.45) is 0. The van der Waals surface area contributed by atoms with E-state index >= 15 is 0 Å². The number of hydrazone groups is 1. The van der Waals surface area contributed by atoms with E-state index in [0.717, 1.165) is 16.9 Å². The molecule has 2 amide bonds. The molecule has 0 radical (unpaired) electrons. The molecule has 6 heteroatoms. The average molecular weight is 313 g/mol. The second-order valence-corrected chi connectivity index (χ2v) is 5.29. The van der Waals surface area contributed by atoms with Gasteiger partial charge < -0.3 is 9.73 Å². The van der Waals surface area contributed by atoms with Crippen molar-refractivity contribution in [1.29, 1.82) is 0 Å². The second-order valence-electron chi connectivity index (χ2n) is 5.29. The normalized spacial score (nSPS) is 11.2. The summed E-state index contributed by atoms with van der Waals surface area (Å²) < 4.78 is 5.41. The molecule has 1 aromatic heterocycles. The molecule has 0 saturated carbocycles. The molecule has 1 heterocycles. The minimum absolute atomic E-state index is 0.553. The summed E-state index contributed by atoms with van der Waals surface area (Å²) >= 11 is 0. The van der Waals surface area contributed by atoms with Crippen LogP contribution in [-0.2, 0) is 9.59 Å². The van der Waals surface area contributed by atoms with Gasteiger partial charge in [0.25, 0.3) is 0 Å². The maximum Gasteiger partial charge on any atom is 0.329 e. The number of anilines is 1. The van der Waals surface area contributed by atoms with Gasteiger partial charge >= 0.3 is 11.8 Å². The molecule has 0 aliphatic carbocycles. The van der Waals surface area contributed by atoms with Gasteiger partial charge in [-0.2, -0.15) is 5.10 Å². The SMILES string of the molecule is C/C(=N/NC(=O)C(=O)Nc1ccc(C)cc1)c1cc(C)oc1C. The van der Waals surface area contributed by atoms with Crippen molar-refractivity contribution in [3.05, 3.63) is 53.0 Å². The largest absolute Gasteiger partial charge is 0.466 e. The Labute approximate surface area is 134 Å². The monoisotopic (exact) mass is 313 g/mol. The van der Waals surface area contributed by atoms with Gasteiger partial charge in [-0.25, -0.2) is 5.43 Å². The number of nitrogens with zero attached hydrogens (tertiary/aromatic N) is 1. The zero-order valence-corrected chi connectivity index (χ0v) is 13.6. The Kier molecular flexibility index (Phi) is 4.95. The number of hydrogen-bond donors (Lipinski definition) is 2. The van der Waals surface area contributed by atoms with Crippen LogP contribution in [0.4, 0.5) is 5.69 Å². The highest BCUT2D eigenvalue weighted by Gasteiger charge is 2.14. The average Bonchev–Trinajstić information content (AvgIpc) is 2.85. The predicted octanol–water partition coefficient (Wildman–Crippen LogP) is 2.68. The highest BCUT2D eigenvalue weighted by Crippen LogP contribution is 2.14. The van der Waals surface area contributed by atoms with Crippen LogP contribution in [0.5, 0.6) is 0 Å². The van der Waals surface area contributed by atoms with Crippen molar-refractivity contribution >= 4 is 23.2 Å². The highest BCUT2D eigenvalue weighted by atomic mass is 16.3. The lowest BCUT2D eigenvalue weighted by atomic mass is 10.2. The molecular weight excluding hydrogens is 294 g/mol. The summed E-state index contributed by atoms with van der Waals surface area (Å²) in [4.78, 5) is 23.6. The van der Waals surface area contributed by atoms with Crippen LogP contribution in [-0.4, -0.2) is 17.5 Å². The Morgan fingerprint density at radius 1 is 1.04 bits per heavy atom. The van der Waals surface area contributed by atoms with Crippen molar-refractivity contribution in [2.24, 2.45) is 5.10 Å². The molecule has 2 N–H and O–H groups in total. The van der Waals surface area contributed by atoms with Gasteiger partial charge in [-0.05, 0) is 45.9 Å². The van der Waals surface area contributed by atoms with Crippen LogP contribution in [0.3, 0.4) is 0 Å². The molecule has 0 fully saturated rings. The van der Waals surface area contributed by atoms with E-state index in [2.05, 4.69) is 15.8 Å². The molecule has 120 valence electrons. The molecule has 0 bridgehead atoms. The number of carbonyl (C=O) groups is 2. The zero-order valence-electron chi connectivity index (χ0n) is 13.6. The van der Waals surface area contributed by atoms with E-state index in [-0.39, 0.29) is 0 Å². The number of carbonyl (C=O) groups excluding carboxylic acids is 2. The third-order valence-corrected chi connectivity index (χ3v) is 3.27.